The van der Waals surface area contributed by atoms with Crippen LogP contribution in [0.5, 0.6) is 11.5 Å². The van der Waals surface area contributed by atoms with Gasteiger partial charge < -0.3 is 24.1 Å². The molecule has 1 aliphatic rings. The summed E-state index contributed by atoms with van der Waals surface area (Å²) in [5, 5.41) is 14.8. The highest BCUT2D eigenvalue weighted by Gasteiger charge is 2.18. The van der Waals surface area contributed by atoms with E-state index in [1.807, 2.05) is 18.2 Å². The summed E-state index contributed by atoms with van der Waals surface area (Å²) >= 11 is 0. The van der Waals surface area contributed by atoms with Crippen LogP contribution in [0.15, 0.2) is 41.0 Å². The predicted octanol–water partition coefficient (Wildman–Crippen LogP) is 1.77. The van der Waals surface area contributed by atoms with E-state index in [1.165, 1.54) is 5.56 Å². The van der Waals surface area contributed by atoms with E-state index in [1.54, 1.807) is 20.5 Å². The number of methoxy groups -OCH3 is 2. The Hall–Kier alpha value is -3.04. The molecule has 1 fully saturated rings. The molecule has 0 amide bonds. The molecule has 0 unspecified atom stereocenters. The zero-order chi connectivity index (χ0) is 21.2. The molecule has 0 saturated carbocycles. The highest BCUT2D eigenvalue weighted by Crippen LogP contribution is 2.23. The summed E-state index contributed by atoms with van der Waals surface area (Å²) in [6.45, 7) is 6.04. The van der Waals surface area contributed by atoms with Crippen molar-refractivity contribution in [3.05, 3.63) is 47.9 Å². The van der Waals surface area contributed by atoms with Gasteiger partial charge in [-0.15, -0.1) is 0 Å². The molecule has 9 heteroatoms. The smallest absolute Gasteiger partial charge is 0.414 e. The van der Waals surface area contributed by atoms with E-state index < -0.39 is 11.9 Å². The Morgan fingerprint density at radius 3 is 1.86 bits per heavy atom. The number of carbonyl (C=O) groups is 2. The Kier molecular flexibility index (Phi) is 8.50. The first-order valence-electron chi connectivity index (χ1n) is 9.06. The van der Waals surface area contributed by atoms with Crippen LogP contribution >= 0.6 is 0 Å². The van der Waals surface area contributed by atoms with Crippen LogP contribution in [0, 0.1) is 0 Å². The first-order chi connectivity index (χ1) is 13.9. The summed E-state index contributed by atoms with van der Waals surface area (Å²) in [7, 11) is 3.37. The second kappa shape index (κ2) is 11.1. The fourth-order valence-corrected chi connectivity index (χ4v) is 2.94. The molecule has 1 saturated heterocycles. The Morgan fingerprint density at radius 2 is 1.45 bits per heavy atom. The largest absolute Gasteiger partial charge is 0.497 e. The second-order valence-corrected chi connectivity index (χ2v) is 6.46. The SMILES string of the molecule is COc1cc(CN2CCN(Cc3ccco3)CC2)cc(OC)c1.O=C(O)C(=O)O. The molecule has 0 spiro atoms. The summed E-state index contributed by atoms with van der Waals surface area (Å²) in [6.07, 6.45) is 1.74. The van der Waals surface area contributed by atoms with Crippen LogP contribution in [0.2, 0.25) is 0 Å². The molecule has 0 aliphatic carbocycles. The number of furan rings is 1. The Balaban J connectivity index is 0.000000438. The van der Waals surface area contributed by atoms with Gasteiger partial charge in [-0.3, -0.25) is 9.80 Å². The van der Waals surface area contributed by atoms with Crippen LogP contribution in [0.1, 0.15) is 11.3 Å². The molecular formula is C20H26N2O7. The number of rotatable bonds is 6. The summed E-state index contributed by atoms with van der Waals surface area (Å²) in [6, 6.07) is 10.1. The molecule has 1 aromatic heterocycles. The minimum atomic E-state index is -1.82. The van der Waals surface area contributed by atoms with Crippen molar-refractivity contribution in [1.29, 1.82) is 0 Å². The van der Waals surface area contributed by atoms with E-state index in [-0.39, 0.29) is 0 Å². The van der Waals surface area contributed by atoms with Gasteiger partial charge in [0.1, 0.15) is 17.3 Å². The quantitative estimate of drug-likeness (QED) is 0.693. The van der Waals surface area contributed by atoms with E-state index in [9.17, 15) is 0 Å². The molecule has 0 radical (unpaired) electrons. The Labute approximate surface area is 169 Å². The van der Waals surface area contributed by atoms with Gasteiger partial charge in [0.05, 0.1) is 27.0 Å². The van der Waals surface area contributed by atoms with Crippen molar-refractivity contribution in [2.24, 2.45) is 0 Å². The maximum Gasteiger partial charge on any atom is 0.414 e. The number of carboxylic acids is 2. The fraction of sp³-hybridized carbons (Fsp3) is 0.400. The first-order valence-corrected chi connectivity index (χ1v) is 9.06. The standard InChI is InChI=1S/C18H24N2O3.C2H2O4/c1-21-17-10-15(11-18(12-17)22-2)13-19-5-7-20(8-6-19)14-16-4-3-9-23-16;3-1(4)2(5)6/h3-4,9-12H,5-8,13-14H2,1-2H3;(H,3,4)(H,5,6). The maximum absolute atomic E-state index is 9.10. The number of hydrogen-bond donors (Lipinski definition) is 2. The third kappa shape index (κ3) is 7.47. The average Bonchev–Trinajstić information content (AvgIpc) is 3.22. The number of hydrogen-bond acceptors (Lipinski definition) is 7. The summed E-state index contributed by atoms with van der Waals surface area (Å²) in [5.74, 6) is -0.924. The monoisotopic (exact) mass is 406 g/mol. The lowest BCUT2D eigenvalue weighted by Crippen LogP contribution is -2.45. The van der Waals surface area contributed by atoms with E-state index in [4.69, 9.17) is 33.7 Å². The number of carboxylic acid groups (broad SMARTS) is 2. The minimum Gasteiger partial charge on any atom is -0.497 e. The first kappa shape index (κ1) is 22.3. The number of benzene rings is 1. The van der Waals surface area contributed by atoms with Gasteiger partial charge in [-0.05, 0) is 29.8 Å². The minimum absolute atomic E-state index is 0.843. The van der Waals surface area contributed by atoms with Crippen molar-refractivity contribution in [2.45, 2.75) is 13.1 Å². The number of nitrogens with zero attached hydrogens (tertiary/aromatic N) is 2. The molecule has 158 valence electrons. The van der Waals surface area contributed by atoms with Gasteiger partial charge >= 0.3 is 11.9 Å². The van der Waals surface area contributed by atoms with Crippen LogP contribution < -0.4 is 9.47 Å². The zero-order valence-electron chi connectivity index (χ0n) is 16.5. The normalized spacial score (nSPS) is 14.6. The third-order valence-corrected chi connectivity index (χ3v) is 4.42. The number of aliphatic carboxylic acids is 2. The Morgan fingerprint density at radius 1 is 0.931 bits per heavy atom. The molecular weight excluding hydrogens is 380 g/mol. The van der Waals surface area contributed by atoms with Crippen LogP contribution in [0.3, 0.4) is 0 Å². The van der Waals surface area contributed by atoms with Crippen molar-refractivity contribution in [1.82, 2.24) is 9.80 Å². The van der Waals surface area contributed by atoms with Gasteiger partial charge in [0, 0.05) is 38.8 Å². The van der Waals surface area contributed by atoms with Crippen molar-refractivity contribution >= 4 is 11.9 Å². The van der Waals surface area contributed by atoms with Gasteiger partial charge in [-0.2, -0.15) is 0 Å². The molecule has 1 aromatic carbocycles. The van der Waals surface area contributed by atoms with Gasteiger partial charge in [0.15, 0.2) is 0 Å². The molecule has 1 aliphatic heterocycles. The van der Waals surface area contributed by atoms with Crippen molar-refractivity contribution in [3.8, 4) is 11.5 Å². The fourth-order valence-electron chi connectivity index (χ4n) is 2.94. The third-order valence-electron chi connectivity index (χ3n) is 4.42. The van der Waals surface area contributed by atoms with Crippen LogP contribution in [0.25, 0.3) is 0 Å². The summed E-state index contributed by atoms with van der Waals surface area (Å²) in [4.78, 5) is 23.1. The lowest BCUT2D eigenvalue weighted by Gasteiger charge is -2.34. The average molecular weight is 406 g/mol. The van der Waals surface area contributed by atoms with E-state index in [0.717, 1.165) is 56.5 Å². The van der Waals surface area contributed by atoms with Crippen molar-refractivity contribution in [3.63, 3.8) is 0 Å². The maximum atomic E-state index is 9.10. The topological polar surface area (TPSA) is 113 Å². The van der Waals surface area contributed by atoms with E-state index in [0.29, 0.717) is 0 Å². The number of ether oxygens (including phenoxy) is 2. The molecule has 9 nitrogen and oxygen atoms in total. The van der Waals surface area contributed by atoms with Crippen molar-refractivity contribution in [2.75, 3.05) is 40.4 Å². The summed E-state index contributed by atoms with van der Waals surface area (Å²) < 4.78 is 16.1. The highest BCUT2D eigenvalue weighted by atomic mass is 16.5. The molecule has 2 N–H and O–H groups in total. The van der Waals surface area contributed by atoms with Gasteiger partial charge in [0.2, 0.25) is 0 Å². The summed E-state index contributed by atoms with van der Waals surface area (Å²) in [5.41, 5.74) is 1.22. The lowest BCUT2D eigenvalue weighted by atomic mass is 10.1. The van der Waals surface area contributed by atoms with Gasteiger partial charge in [0.25, 0.3) is 0 Å². The zero-order valence-corrected chi connectivity index (χ0v) is 16.5. The Bertz CT molecular complexity index is 750. The van der Waals surface area contributed by atoms with E-state index in [2.05, 4.69) is 21.9 Å². The van der Waals surface area contributed by atoms with E-state index >= 15 is 0 Å². The van der Waals surface area contributed by atoms with Crippen LogP contribution in [-0.2, 0) is 22.7 Å². The molecule has 0 bridgehead atoms. The molecule has 2 heterocycles. The second-order valence-electron chi connectivity index (χ2n) is 6.46. The highest BCUT2D eigenvalue weighted by molar-refractivity contribution is 6.27. The van der Waals surface area contributed by atoms with Gasteiger partial charge in [-0.1, -0.05) is 0 Å². The van der Waals surface area contributed by atoms with Crippen molar-refractivity contribution < 1.29 is 33.7 Å². The predicted molar refractivity (Wildman–Crippen MR) is 104 cm³/mol. The van der Waals surface area contributed by atoms with Crippen LogP contribution in [0.4, 0.5) is 0 Å². The van der Waals surface area contributed by atoms with Crippen LogP contribution in [-0.4, -0.2) is 72.4 Å². The molecule has 3 rings (SSSR count). The van der Waals surface area contributed by atoms with Gasteiger partial charge in [-0.25, -0.2) is 9.59 Å². The number of piperazine rings is 1. The lowest BCUT2D eigenvalue weighted by molar-refractivity contribution is -0.159. The molecule has 0 atom stereocenters. The molecule has 2 aromatic rings. The molecule has 29 heavy (non-hydrogen) atoms.